The van der Waals surface area contributed by atoms with E-state index in [4.69, 9.17) is 0 Å². The monoisotopic (exact) mass is 415 g/mol. The Kier molecular flexibility index (Phi) is 5.41. The number of aromatic nitrogens is 6. The molecule has 0 radical (unpaired) electrons. The zero-order valence-corrected chi connectivity index (χ0v) is 15.6. The molecule has 0 atom stereocenters. The van der Waals surface area contributed by atoms with Crippen LogP contribution in [0.3, 0.4) is 0 Å². The van der Waals surface area contributed by atoms with Crippen LogP contribution in [0.1, 0.15) is 16.1 Å². The predicted octanol–water partition coefficient (Wildman–Crippen LogP) is 2.88. The highest BCUT2D eigenvalue weighted by Gasteiger charge is 2.35. The van der Waals surface area contributed by atoms with E-state index in [9.17, 15) is 18.0 Å². The van der Waals surface area contributed by atoms with E-state index >= 15 is 0 Å². The van der Waals surface area contributed by atoms with Gasteiger partial charge in [0.2, 0.25) is 21.2 Å². The van der Waals surface area contributed by atoms with E-state index in [0.29, 0.717) is 5.16 Å². The molecule has 0 aliphatic rings. The number of nitrogens with one attached hydrogen (secondary N) is 1. The Morgan fingerprint density at radius 1 is 1.22 bits per heavy atom. The minimum atomic E-state index is -4.59. The predicted molar refractivity (Wildman–Crippen MR) is 92.9 cm³/mol. The van der Waals surface area contributed by atoms with Crippen molar-refractivity contribution >= 4 is 34.1 Å². The van der Waals surface area contributed by atoms with Crippen LogP contribution in [0.2, 0.25) is 0 Å². The van der Waals surface area contributed by atoms with Gasteiger partial charge in [-0.1, -0.05) is 29.2 Å². The van der Waals surface area contributed by atoms with Gasteiger partial charge in [-0.05, 0) is 47.5 Å². The summed E-state index contributed by atoms with van der Waals surface area (Å²) < 4.78 is 39.0. The summed E-state index contributed by atoms with van der Waals surface area (Å²) in [6, 6.07) is 5.69. The van der Waals surface area contributed by atoms with Gasteiger partial charge >= 0.3 is 6.18 Å². The lowest BCUT2D eigenvalue weighted by Crippen LogP contribution is -2.14. The van der Waals surface area contributed by atoms with E-state index in [-0.39, 0.29) is 22.2 Å². The molecule has 0 saturated carbocycles. The van der Waals surface area contributed by atoms with Crippen LogP contribution in [-0.2, 0) is 11.0 Å². The quantitative estimate of drug-likeness (QED) is 0.640. The number of nitrogens with zero attached hydrogens (tertiary/aromatic N) is 6. The van der Waals surface area contributed by atoms with Gasteiger partial charge in [-0.3, -0.25) is 10.1 Å². The molecule has 2 heterocycles. The van der Waals surface area contributed by atoms with Crippen LogP contribution < -0.4 is 5.32 Å². The molecule has 0 fully saturated rings. The summed E-state index contributed by atoms with van der Waals surface area (Å²) in [7, 11) is 0. The van der Waals surface area contributed by atoms with Gasteiger partial charge in [0.1, 0.15) is 0 Å². The molecule has 2 aromatic heterocycles. The molecule has 0 aliphatic carbocycles. The average Bonchev–Trinajstić information content (AvgIpc) is 3.24. The third kappa shape index (κ3) is 4.60. The van der Waals surface area contributed by atoms with Crippen LogP contribution in [-0.4, -0.2) is 42.1 Å². The Morgan fingerprint density at radius 2 is 2.00 bits per heavy atom. The van der Waals surface area contributed by atoms with Gasteiger partial charge in [0, 0.05) is 0 Å². The van der Waals surface area contributed by atoms with Crippen LogP contribution in [0.4, 0.5) is 18.3 Å². The van der Waals surface area contributed by atoms with E-state index in [1.165, 1.54) is 4.68 Å². The maximum Gasteiger partial charge on any atom is 0.445 e. The van der Waals surface area contributed by atoms with Crippen molar-refractivity contribution in [1.29, 1.82) is 0 Å². The SMILES string of the molecule is Cc1ccc(-n2nnnc2SCC(=O)Nc2nnc(C(F)(F)F)s2)cc1C. The topological polar surface area (TPSA) is 98.5 Å². The molecule has 0 aliphatic heterocycles. The van der Waals surface area contributed by atoms with Crippen molar-refractivity contribution < 1.29 is 18.0 Å². The number of halogens is 3. The lowest BCUT2D eigenvalue weighted by atomic mass is 10.1. The fourth-order valence-corrected chi connectivity index (χ4v) is 3.28. The standard InChI is InChI=1S/C14H12F3N7OS2/c1-7-3-4-9(5-8(7)2)24-13(21-22-23-24)26-6-10(25)18-12-20-19-11(27-12)14(15,16)17/h3-5H,6H2,1-2H3,(H,18,20,25). The minimum Gasteiger partial charge on any atom is -0.300 e. The fraction of sp³-hybridized carbons (Fsp3) is 0.286. The second-order valence-electron chi connectivity index (χ2n) is 5.39. The first-order chi connectivity index (χ1) is 12.7. The van der Waals surface area contributed by atoms with Crippen LogP contribution in [0.25, 0.3) is 5.69 Å². The third-order valence-corrected chi connectivity index (χ3v) is 5.23. The Labute approximate surface area is 159 Å². The summed E-state index contributed by atoms with van der Waals surface area (Å²) in [6.07, 6.45) is -4.59. The van der Waals surface area contributed by atoms with E-state index in [2.05, 4.69) is 31.0 Å². The van der Waals surface area contributed by atoms with Gasteiger partial charge in [0.05, 0.1) is 11.4 Å². The molecule has 3 rings (SSSR count). The molecule has 142 valence electrons. The molecule has 1 amide bonds. The highest BCUT2D eigenvalue weighted by Crippen LogP contribution is 2.33. The normalized spacial score (nSPS) is 11.6. The molecular weight excluding hydrogens is 403 g/mol. The second kappa shape index (κ2) is 7.60. The largest absolute Gasteiger partial charge is 0.445 e. The van der Waals surface area contributed by atoms with Crippen LogP contribution in [0, 0.1) is 13.8 Å². The van der Waals surface area contributed by atoms with Crippen molar-refractivity contribution in [3.05, 3.63) is 34.3 Å². The third-order valence-electron chi connectivity index (χ3n) is 3.42. The number of alkyl halides is 3. The number of thioether (sulfide) groups is 1. The summed E-state index contributed by atoms with van der Waals surface area (Å²) in [6.45, 7) is 3.94. The Morgan fingerprint density at radius 3 is 2.67 bits per heavy atom. The van der Waals surface area contributed by atoms with Gasteiger partial charge in [0.15, 0.2) is 0 Å². The van der Waals surface area contributed by atoms with Crippen molar-refractivity contribution in [3.63, 3.8) is 0 Å². The van der Waals surface area contributed by atoms with Gasteiger partial charge in [-0.15, -0.1) is 15.3 Å². The highest BCUT2D eigenvalue weighted by atomic mass is 32.2. The molecule has 1 aromatic carbocycles. The lowest BCUT2D eigenvalue weighted by Gasteiger charge is -2.06. The number of aryl methyl sites for hydroxylation is 2. The molecule has 0 saturated heterocycles. The van der Waals surface area contributed by atoms with Gasteiger partial charge in [0.25, 0.3) is 0 Å². The summed E-state index contributed by atoms with van der Waals surface area (Å²) >= 11 is 1.31. The van der Waals surface area contributed by atoms with Crippen LogP contribution >= 0.6 is 23.1 Å². The van der Waals surface area contributed by atoms with E-state index < -0.39 is 17.1 Å². The number of rotatable bonds is 5. The molecule has 0 unspecified atom stereocenters. The number of hydrogen-bond donors (Lipinski definition) is 1. The van der Waals surface area contributed by atoms with E-state index in [0.717, 1.165) is 28.6 Å². The van der Waals surface area contributed by atoms with Crippen molar-refractivity contribution in [1.82, 2.24) is 30.4 Å². The minimum absolute atomic E-state index is 0.105. The summed E-state index contributed by atoms with van der Waals surface area (Å²) in [5, 5.41) is 19.0. The van der Waals surface area contributed by atoms with Gasteiger partial charge < -0.3 is 0 Å². The number of anilines is 1. The lowest BCUT2D eigenvalue weighted by molar-refractivity contribution is -0.138. The summed E-state index contributed by atoms with van der Waals surface area (Å²) in [5.41, 5.74) is 2.93. The first kappa shape index (κ1) is 19.2. The molecule has 8 nitrogen and oxygen atoms in total. The molecule has 27 heavy (non-hydrogen) atoms. The number of tetrazole rings is 1. The maximum absolute atomic E-state index is 12.5. The molecule has 1 N–H and O–H groups in total. The van der Waals surface area contributed by atoms with Gasteiger partial charge in [-0.25, -0.2) is 0 Å². The zero-order chi connectivity index (χ0) is 19.6. The molecule has 13 heteroatoms. The Hall–Kier alpha value is -2.54. The average molecular weight is 415 g/mol. The smallest absolute Gasteiger partial charge is 0.300 e. The molecule has 0 bridgehead atoms. The highest BCUT2D eigenvalue weighted by molar-refractivity contribution is 7.99. The fourth-order valence-electron chi connectivity index (χ4n) is 1.96. The Balaban J connectivity index is 1.64. The zero-order valence-electron chi connectivity index (χ0n) is 14.0. The van der Waals surface area contributed by atoms with Gasteiger partial charge in [-0.2, -0.15) is 17.9 Å². The van der Waals surface area contributed by atoms with Crippen molar-refractivity contribution in [3.8, 4) is 5.69 Å². The molecule has 0 spiro atoms. The van der Waals surface area contributed by atoms with Crippen LogP contribution in [0.15, 0.2) is 23.4 Å². The number of carbonyl (C=O) groups is 1. The summed E-state index contributed by atoms with van der Waals surface area (Å²) in [5.74, 6) is -0.647. The van der Waals surface area contributed by atoms with Crippen molar-refractivity contribution in [2.45, 2.75) is 25.2 Å². The number of amides is 1. The maximum atomic E-state index is 12.5. The molecule has 3 aromatic rings. The van der Waals surface area contributed by atoms with E-state index in [1.807, 2.05) is 32.0 Å². The second-order valence-corrected chi connectivity index (χ2v) is 7.31. The summed E-state index contributed by atoms with van der Waals surface area (Å²) in [4.78, 5) is 12.0. The first-order valence-corrected chi connectivity index (χ1v) is 9.23. The number of hydrogen-bond acceptors (Lipinski definition) is 8. The van der Waals surface area contributed by atoms with Crippen molar-refractivity contribution in [2.24, 2.45) is 0 Å². The first-order valence-electron chi connectivity index (χ1n) is 7.43. The number of benzene rings is 1. The van der Waals surface area contributed by atoms with E-state index in [1.54, 1.807) is 0 Å². The van der Waals surface area contributed by atoms with Crippen molar-refractivity contribution in [2.75, 3.05) is 11.1 Å². The van der Waals surface area contributed by atoms with Crippen LogP contribution in [0.5, 0.6) is 0 Å². The molecular formula is C14H12F3N7OS2. The Bertz CT molecular complexity index is 970. The number of carbonyl (C=O) groups excluding carboxylic acids is 1.